The monoisotopic (exact) mass is 456 g/mol. The lowest BCUT2D eigenvalue weighted by Gasteiger charge is -2.15. The number of rotatable bonds is 5. The molecule has 0 aliphatic carbocycles. The molecule has 11 heteroatoms. The van der Waals surface area contributed by atoms with Gasteiger partial charge in [0.2, 0.25) is 0 Å². The number of hydrogen-bond donors (Lipinski definition) is 2. The second-order valence-corrected chi connectivity index (χ2v) is 7.93. The second-order valence-electron chi connectivity index (χ2n) is 6.25. The number of para-hydroxylation sites is 1. The molecular weight excluding hydrogens is 443 g/mol. The lowest BCUT2D eigenvalue weighted by Crippen LogP contribution is -2.18. The van der Waals surface area contributed by atoms with E-state index in [0.29, 0.717) is 12.1 Å². The largest absolute Gasteiger partial charge is 0.418 e. The van der Waals surface area contributed by atoms with Crippen LogP contribution < -0.4 is 10.0 Å². The molecule has 0 spiro atoms. The standard InChI is InChI=1S/C20H13F5N2O3S/c21-13-7-5-12(6-8-13)19(28)26-18-10-9-14(11-16(18)22)31(29,30)27-17-4-2-1-3-15(17)20(23,24)25/h1-11,27H,(H,26,28). The van der Waals surface area contributed by atoms with E-state index in [-0.39, 0.29) is 11.3 Å². The smallest absolute Gasteiger partial charge is 0.319 e. The fourth-order valence-corrected chi connectivity index (χ4v) is 3.67. The van der Waals surface area contributed by atoms with Crippen molar-refractivity contribution in [1.29, 1.82) is 0 Å². The summed E-state index contributed by atoms with van der Waals surface area (Å²) in [6.45, 7) is 0. The van der Waals surface area contributed by atoms with Crippen LogP contribution in [0.4, 0.5) is 33.3 Å². The van der Waals surface area contributed by atoms with E-state index in [1.807, 2.05) is 0 Å². The molecule has 162 valence electrons. The van der Waals surface area contributed by atoms with Gasteiger partial charge in [-0.05, 0) is 54.6 Å². The minimum atomic E-state index is -4.81. The summed E-state index contributed by atoms with van der Waals surface area (Å²) in [5, 5.41) is 2.20. The molecule has 0 aliphatic heterocycles. The fraction of sp³-hybridized carbons (Fsp3) is 0.0500. The van der Waals surface area contributed by atoms with Crippen molar-refractivity contribution >= 4 is 27.3 Å². The first-order chi connectivity index (χ1) is 14.5. The molecule has 0 saturated heterocycles. The van der Waals surface area contributed by atoms with Gasteiger partial charge in [-0.3, -0.25) is 9.52 Å². The topological polar surface area (TPSA) is 75.3 Å². The molecule has 3 rings (SSSR count). The minimum absolute atomic E-state index is 0.0305. The Labute approximate surface area is 173 Å². The SMILES string of the molecule is O=C(Nc1ccc(S(=O)(=O)Nc2ccccc2C(F)(F)F)cc1F)c1ccc(F)cc1. The molecule has 1 amide bonds. The van der Waals surface area contributed by atoms with Crippen molar-refractivity contribution in [2.24, 2.45) is 0 Å². The van der Waals surface area contributed by atoms with Gasteiger partial charge >= 0.3 is 6.18 Å². The van der Waals surface area contributed by atoms with Crippen LogP contribution in [0.3, 0.4) is 0 Å². The summed E-state index contributed by atoms with van der Waals surface area (Å²) in [4.78, 5) is 11.4. The summed E-state index contributed by atoms with van der Waals surface area (Å²) >= 11 is 0. The number of halogens is 5. The lowest BCUT2D eigenvalue weighted by molar-refractivity contribution is -0.136. The van der Waals surface area contributed by atoms with Gasteiger partial charge in [0, 0.05) is 5.56 Å². The minimum Gasteiger partial charge on any atom is -0.319 e. The molecule has 0 saturated carbocycles. The Bertz CT molecular complexity index is 1230. The molecule has 0 aromatic heterocycles. The summed E-state index contributed by atoms with van der Waals surface area (Å²) in [6, 6.07) is 10.8. The molecule has 5 nitrogen and oxygen atoms in total. The van der Waals surface area contributed by atoms with Crippen LogP contribution in [0, 0.1) is 11.6 Å². The number of sulfonamides is 1. The van der Waals surface area contributed by atoms with Gasteiger partial charge in [0.15, 0.2) is 0 Å². The van der Waals surface area contributed by atoms with E-state index in [2.05, 4.69) is 5.32 Å². The number of anilines is 2. The van der Waals surface area contributed by atoms with Crippen molar-refractivity contribution in [1.82, 2.24) is 0 Å². The number of hydrogen-bond acceptors (Lipinski definition) is 3. The zero-order chi connectivity index (χ0) is 22.8. The average Bonchev–Trinajstić information content (AvgIpc) is 2.69. The second kappa shape index (κ2) is 8.34. The van der Waals surface area contributed by atoms with Crippen LogP contribution in [-0.2, 0) is 16.2 Å². The van der Waals surface area contributed by atoms with Crippen LogP contribution in [0.2, 0.25) is 0 Å². The Morgan fingerprint density at radius 2 is 1.48 bits per heavy atom. The molecule has 0 fully saturated rings. The Kier molecular flexibility index (Phi) is 5.98. The third-order valence-electron chi connectivity index (χ3n) is 4.08. The Morgan fingerprint density at radius 1 is 0.839 bits per heavy atom. The molecule has 3 aromatic rings. The molecule has 2 N–H and O–H groups in total. The van der Waals surface area contributed by atoms with Crippen LogP contribution in [0.5, 0.6) is 0 Å². The number of benzene rings is 3. The van der Waals surface area contributed by atoms with Gasteiger partial charge in [-0.1, -0.05) is 12.1 Å². The highest BCUT2D eigenvalue weighted by Gasteiger charge is 2.34. The highest BCUT2D eigenvalue weighted by Crippen LogP contribution is 2.35. The van der Waals surface area contributed by atoms with Gasteiger partial charge in [0.25, 0.3) is 15.9 Å². The first-order valence-electron chi connectivity index (χ1n) is 8.53. The highest BCUT2D eigenvalue weighted by molar-refractivity contribution is 7.92. The third-order valence-corrected chi connectivity index (χ3v) is 5.45. The molecule has 0 heterocycles. The molecule has 0 bridgehead atoms. The normalized spacial score (nSPS) is 11.8. The number of alkyl halides is 3. The number of nitrogens with one attached hydrogen (secondary N) is 2. The number of carbonyl (C=O) groups is 1. The number of carbonyl (C=O) groups excluding carboxylic acids is 1. The molecule has 0 radical (unpaired) electrons. The summed E-state index contributed by atoms with van der Waals surface area (Å²) < 4.78 is 93.2. The molecule has 0 aliphatic rings. The highest BCUT2D eigenvalue weighted by atomic mass is 32.2. The third kappa shape index (κ3) is 5.18. The first kappa shape index (κ1) is 22.2. The summed E-state index contributed by atoms with van der Waals surface area (Å²) in [7, 11) is -4.57. The zero-order valence-corrected chi connectivity index (χ0v) is 16.2. The van der Waals surface area contributed by atoms with Crippen LogP contribution in [0.15, 0.2) is 71.6 Å². The number of amides is 1. The van der Waals surface area contributed by atoms with Gasteiger partial charge in [0.05, 0.1) is 21.8 Å². The van der Waals surface area contributed by atoms with Crippen LogP contribution in [0.1, 0.15) is 15.9 Å². The summed E-state index contributed by atoms with van der Waals surface area (Å²) in [5.41, 5.74) is -2.27. The fourth-order valence-electron chi connectivity index (χ4n) is 2.58. The van der Waals surface area contributed by atoms with Gasteiger partial charge in [-0.15, -0.1) is 0 Å². The first-order valence-corrected chi connectivity index (χ1v) is 10.0. The maximum Gasteiger partial charge on any atom is 0.418 e. The predicted molar refractivity (Wildman–Crippen MR) is 103 cm³/mol. The van der Waals surface area contributed by atoms with E-state index in [1.54, 1.807) is 4.72 Å². The van der Waals surface area contributed by atoms with Gasteiger partial charge < -0.3 is 5.32 Å². The molecular formula is C20H13F5N2O3S. The van der Waals surface area contributed by atoms with Crippen LogP contribution >= 0.6 is 0 Å². The van der Waals surface area contributed by atoms with E-state index >= 15 is 0 Å². The van der Waals surface area contributed by atoms with Crippen molar-refractivity contribution in [3.63, 3.8) is 0 Å². The van der Waals surface area contributed by atoms with E-state index < -0.39 is 49.9 Å². The van der Waals surface area contributed by atoms with E-state index in [4.69, 9.17) is 0 Å². The molecule has 0 atom stereocenters. The molecule has 0 unspecified atom stereocenters. The van der Waals surface area contributed by atoms with Crippen molar-refractivity contribution in [3.8, 4) is 0 Å². The van der Waals surface area contributed by atoms with Gasteiger partial charge in [-0.2, -0.15) is 13.2 Å². The van der Waals surface area contributed by atoms with Crippen LogP contribution in [0.25, 0.3) is 0 Å². The lowest BCUT2D eigenvalue weighted by atomic mass is 10.2. The van der Waals surface area contributed by atoms with Gasteiger partial charge in [-0.25, -0.2) is 17.2 Å². The van der Waals surface area contributed by atoms with Crippen molar-refractivity contribution in [2.45, 2.75) is 11.1 Å². The Balaban J connectivity index is 1.84. The van der Waals surface area contributed by atoms with E-state index in [1.165, 1.54) is 18.2 Å². The van der Waals surface area contributed by atoms with Crippen molar-refractivity contribution in [3.05, 3.63) is 89.5 Å². The van der Waals surface area contributed by atoms with E-state index in [0.717, 1.165) is 36.4 Å². The quantitative estimate of drug-likeness (QED) is 0.529. The predicted octanol–water partition coefficient (Wildman–Crippen LogP) is 5.04. The van der Waals surface area contributed by atoms with Crippen molar-refractivity contribution in [2.75, 3.05) is 10.0 Å². The zero-order valence-electron chi connectivity index (χ0n) is 15.4. The summed E-state index contributed by atoms with van der Waals surface area (Å²) in [6.07, 6.45) is -4.81. The Morgan fingerprint density at radius 3 is 2.10 bits per heavy atom. The molecule has 3 aromatic carbocycles. The van der Waals surface area contributed by atoms with Crippen LogP contribution in [-0.4, -0.2) is 14.3 Å². The summed E-state index contributed by atoms with van der Waals surface area (Å²) in [5.74, 6) is -2.48. The maximum atomic E-state index is 14.4. The van der Waals surface area contributed by atoms with Crippen molar-refractivity contribution < 1.29 is 35.2 Å². The maximum absolute atomic E-state index is 14.4. The molecule has 31 heavy (non-hydrogen) atoms. The average molecular weight is 456 g/mol. The van der Waals surface area contributed by atoms with E-state index in [9.17, 15) is 35.2 Å². The van der Waals surface area contributed by atoms with Gasteiger partial charge in [0.1, 0.15) is 11.6 Å². The Hall–Kier alpha value is -3.47.